The molecule has 3 atom stereocenters. The molecule has 3 aliphatic rings. The fourth-order valence-electron chi connectivity index (χ4n) is 4.80. The van der Waals surface area contributed by atoms with Crippen molar-refractivity contribution in [2.45, 2.75) is 26.2 Å². The number of phenols is 1. The van der Waals surface area contributed by atoms with Crippen LogP contribution in [0.5, 0.6) is 5.75 Å². The van der Waals surface area contributed by atoms with Gasteiger partial charge in [0.2, 0.25) is 0 Å². The molecular weight excluding hydrogens is 350 g/mol. The van der Waals surface area contributed by atoms with Gasteiger partial charge in [-0.2, -0.15) is 0 Å². The first-order valence-electron chi connectivity index (χ1n) is 8.77. The third-order valence-corrected chi connectivity index (χ3v) is 6.01. The Morgan fingerprint density at radius 1 is 1.15 bits per heavy atom. The van der Waals surface area contributed by atoms with E-state index < -0.39 is 40.6 Å². The summed E-state index contributed by atoms with van der Waals surface area (Å²) in [6.45, 7) is 1.86. The Kier molecular flexibility index (Phi) is 3.66. The van der Waals surface area contributed by atoms with E-state index in [4.69, 9.17) is 5.73 Å². The average Bonchev–Trinajstić information content (AvgIpc) is 2.57. The molecule has 0 aromatic heterocycles. The Morgan fingerprint density at radius 2 is 1.85 bits per heavy atom. The smallest absolute Gasteiger partial charge is 0.255 e. The van der Waals surface area contributed by atoms with E-state index >= 15 is 0 Å². The molecule has 0 heterocycles. The van der Waals surface area contributed by atoms with Crippen molar-refractivity contribution in [1.82, 2.24) is 0 Å². The van der Waals surface area contributed by atoms with E-state index in [0.29, 0.717) is 12.8 Å². The summed E-state index contributed by atoms with van der Waals surface area (Å²) in [6, 6.07) is 3.21. The minimum absolute atomic E-state index is 0.0465. The lowest BCUT2D eigenvalue weighted by molar-refractivity contribution is -0.127. The second-order valence-electron chi connectivity index (χ2n) is 7.51. The third kappa shape index (κ3) is 2.31. The fraction of sp³-hybridized carbons (Fsp3) is 0.350. The Morgan fingerprint density at radius 3 is 2.52 bits per heavy atom. The predicted octanol–water partition coefficient (Wildman–Crippen LogP) is 1.62. The summed E-state index contributed by atoms with van der Waals surface area (Å²) >= 11 is 0. The number of hydrogen-bond acceptors (Lipinski definition) is 6. The number of aryl methyl sites for hydroxylation is 1. The van der Waals surface area contributed by atoms with Crippen LogP contribution >= 0.6 is 0 Å². The number of ketones is 2. The molecule has 3 aliphatic carbocycles. The van der Waals surface area contributed by atoms with Crippen molar-refractivity contribution in [1.29, 1.82) is 0 Å². The van der Waals surface area contributed by atoms with Gasteiger partial charge in [-0.05, 0) is 48.8 Å². The van der Waals surface area contributed by atoms with Crippen LogP contribution in [0.3, 0.4) is 0 Å². The molecule has 5 N–H and O–H groups in total. The van der Waals surface area contributed by atoms with Crippen molar-refractivity contribution < 1.29 is 29.7 Å². The largest absolute Gasteiger partial charge is 0.511 e. The zero-order chi connectivity index (χ0) is 19.6. The number of allylic oxidation sites excluding steroid dienone is 2. The predicted molar refractivity (Wildman–Crippen MR) is 94.7 cm³/mol. The molecule has 0 radical (unpaired) electrons. The summed E-state index contributed by atoms with van der Waals surface area (Å²) in [5, 5.41) is 31.4. The van der Waals surface area contributed by atoms with Crippen LogP contribution in [-0.4, -0.2) is 32.8 Å². The third-order valence-electron chi connectivity index (χ3n) is 6.01. The van der Waals surface area contributed by atoms with Gasteiger partial charge in [0.15, 0.2) is 11.6 Å². The first-order chi connectivity index (χ1) is 12.7. The van der Waals surface area contributed by atoms with E-state index in [9.17, 15) is 29.7 Å². The summed E-state index contributed by atoms with van der Waals surface area (Å²) in [6.07, 6.45) is 0.812. The van der Waals surface area contributed by atoms with E-state index in [1.54, 1.807) is 6.07 Å². The van der Waals surface area contributed by atoms with Crippen molar-refractivity contribution in [2.24, 2.45) is 23.5 Å². The lowest BCUT2D eigenvalue weighted by Gasteiger charge is -2.41. The minimum Gasteiger partial charge on any atom is -0.511 e. The molecule has 0 aliphatic heterocycles. The standard InChI is InChI=1S/C20H19NO6/c1-7-2-3-11(22)15-10(7)5-8-4-9-6-12(23)16(20(21)27)19(26)14(9)17(24)13(8)18(15)25/h2-3,8-9,14,22,25-26H,4-6H2,1H3,(H2,21,27). The number of aliphatic hydroxyl groups is 2. The van der Waals surface area contributed by atoms with E-state index in [1.165, 1.54) is 6.07 Å². The molecule has 1 fully saturated rings. The van der Waals surface area contributed by atoms with Crippen molar-refractivity contribution >= 4 is 23.2 Å². The molecule has 140 valence electrons. The maximum absolute atomic E-state index is 13.1. The molecule has 27 heavy (non-hydrogen) atoms. The maximum atomic E-state index is 13.1. The number of amides is 1. The van der Waals surface area contributed by atoms with Crippen LogP contribution in [0.2, 0.25) is 0 Å². The van der Waals surface area contributed by atoms with Gasteiger partial charge in [-0.1, -0.05) is 6.07 Å². The van der Waals surface area contributed by atoms with Gasteiger partial charge >= 0.3 is 0 Å². The molecule has 4 rings (SSSR count). The maximum Gasteiger partial charge on any atom is 0.255 e. The number of Topliss-reactive ketones (excluding diaryl/α,β-unsaturated/α-hetero) is 2. The number of nitrogens with two attached hydrogens (primary N) is 1. The van der Waals surface area contributed by atoms with Gasteiger partial charge in [0.25, 0.3) is 5.91 Å². The van der Waals surface area contributed by atoms with Crippen molar-refractivity contribution in [3.05, 3.63) is 45.7 Å². The number of primary amides is 1. The minimum atomic E-state index is -1.08. The molecule has 0 saturated heterocycles. The summed E-state index contributed by atoms with van der Waals surface area (Å²) in [5.74, 6) is -5.01. The molecule has 7 nitrogen and oxygen atoms in total. The number of aromatic hydroxyl groups is 1. The number of hydrogen-bond donors (Lipinski definition) is 4. The van der Waals surface area contributed by atoms with Crippen molar-refractivity contribution in [3.8, 4) is 5.75 Å². The highest BCUT2D eigenvalue weighted by molar-refractivity contribution is 6.21. The first kappa shape index (κ1) is 17.3. The van der Waals surface area contributed by atoms with E-state index in [0.717, 1.165) is 11.1 Å². The van der Waals surface area contributed by atoms with Crippen LogP contribution in [0.15, 0.2) is 29.0 Å². The monoisotopic (exact) mass is 369 g/mol. The van der Waals surface area contributed by atoms with Crippen LogP contribution < -0.4 is 5.73 Å². The summed E-state index contributed by atoms with van der Waals surface area (Å²) < 4.78 is 0. The van der Waals surface area contributed by atoms with Gasteiger partial charge in [0.05, 0.1) is 11.5 Å². The molecule has 1 aromatic carbocycles. The van der Waals surface area contributed by atoms with E-state index in [2.05, 4.69) is 0 Å². The highest BCUT2D eigenvalue weighted by atomic mass is 16.3. The number of aliphatic hydroxyl groups excluding tert-OH is 2. The highest BCUT2D eigenvalue weighted by Gasteiger charge is 2.50. The van der Waals surface area contributed by atoms with Crippen LogP contribution in [0.1, 0.15) is 29.5 Å². The number of carbonyl (C=O) groups excluding carboxylic acids is 3. The van der Waals surface area contributed by atoms with Gasteiger partial charge < -0.3 is 21.1 Å². The molecular formula is C20H19NO6. The zero-order valence-corrected chi connectivity index (χ0v) is 14.7. The highest BCUT2D eigenvalue weighted by Crippen LogP contribution is 2.50. The second kappa shape index (κ2) is 5.70. The molecule has 0 bridgehead atoms. The van der Waals surface area contributed by atoms with Gasteiger partial charge in [0.1, 0.15) is 22.8 Å². The lowest BCUT2D eigenvalue weighted by atomic mass is 9.61. The Bertz CT molecular complexity index is 986. The normalized spacial score (nSPS) is 27.2. The Hall–Kier alpha value is -3.09. The molecule has 1 aromatic rings. The van der Waals surface area contributed by atoms with Gasteiger partial charge in [0, 0.05) is 12.0 Å². The van der Waals surface area contributed by atoms with E-state index in [1.807, 2.05) is 6.92 Å². The van der Waals surface area contributed by atoms with Crippen LogP contribution in [0, 0.1) is 24.7 Å². The number of phenolic OH excluding ortho intramolecular Hbond substituents is 1. The van der Waals surface area contributed by atoms with Gasteiger partial charge in [-0.25, -0.2) is 0 Å². The average molecular weight is 369 g/mol. The van der Waals surface area contributed by atoms with Crippen molar-refractivity contribution in [2.75, 3.05) is 0 Å². The number of carbonyl (C=O) groups is 3. The second-order valence-corrected chi connectivity index (χ2v) is 7.51. The molecule has 0 spiro atoms. The molecule has 7 heteroatoms. The fourth-order valence-corrected chi connectivity index (χ4v) is 4.80. The van der Waals surface area contributed by atoms with Crippen LogP contribution in [0.25, 0.3) is 5.76 Å². The summed E-state index contributed by atoms with van der Waals surface area (Å²) in [7, 11) is 0. The van der Waals surface area contributed by atoms with Crippen LogP contribution in [0.4, 0.5) is 0 Å². The quantitative estimate of drug-likeness (QED) is 0.555. The lowest BCUT2D eigenvalue weighted by Crippen LogP contribution is -2.44. The summed E-state index contributed by atoms with van der Waals surface area (Å²) in [4.78, 5) is 36.9. The Balaban J connectivity index is 1.89. The molecule has 3 unspecified atom stereocenters. The van der Waals surface area contributed by atoms with Crippen molar-refractivity contribution in [3.63, 3.8) is 0 Å². The van der Waals surface area contributed by atoms with Crippen LogP contribution in [-0.2, 0) is 20.8 Å². The topological polar surface area (TPSA) is 138 Å². The Labute approximate surface area is 154 Å². The van der Waals surface area contributed by atoms with E-state index in [-0.39, 0.29) is 35.0 Å². The number of rotatable bonds is 1. The molecule has 1 saturated carbocycles. The zero-order valence-electron chi connectivity index (χ0n) is 14.7. The molecule has 1 amide bonds. The first-order valence-corrected chi connectivity index (χ1v) is 8.77. The van der Waals surface area contributed by atoms with Gasteiger partial charge in [-0.3, -0.25) is 14.4 Å². The SMILES string of the molecule is Cc1ccc(O)c2c1CC1CC3CC(=O)C(C(N)=O)=C(O)C3C(=O)C1=C2O. The van der Waals surface area contributed by atoms with Gasteiger partial charge in [-0.15, -0.1) is 0 Å². The summed E-state index contributed by atoms with van der Waals surface area (Å²) in [5.41, 5.74) is 6.69. The number of benzene rings is 1. The number of fused-ring (bicyclic) bond motifs is 3.